The van der Waals surface area contributed by atoms with Crippen molar-refractivity contribution in [3.63, 3.8) is 0 Å². The molecule has 2 aliphatic rings. The summed E-state index contributed by atoms with van der Waals surface area (Å²) < 4.78 is 23.7. The smallest absolute Gasteiger partial charge is 0.494 e. The largest absolute Gasteiger partial charge is 0.506 e. The molecule has 1 N–H and O–H groups in total. The molecule has 0 atom stereocenters. The molecule has 0 spiro atoms. The number of aryl methyl sites for hydroxylation is 2. The average Bonchev–Trinajstić information content (AvgIpc) is 2.74. The van der Waals surface area contributed by atoms with Gasteiger partial charge in [-0.2, -0.15) is 0 Å². The lowest BCUT2D eigenvalue weighted by Crippen LogP contribution is -2.53. The van der Waals surface area contributed by atoms with Crippen molar-refractivity contribution in [1.82, 2.24) is 4.90 Å². The molecule has 4 rings (SSSR count). The van der Waals surface area contributed by atoms with Crippen LogP contribution in [0.1, 0.15) is 42.9 Å². The zero-order valence-corrected chi connectivity index (χ0v) is 18.5. The number of ether oxygens (including phenoxy) is 2. The van der Waals surface area contributed by atoms with E-state index >= 15 is 0 Å². The minimum absolute atomic E-state index is 0.193. The van der Waals surface area contributed by atoms with Crippen molar-refractivity contribution in [1.29, 1.82) is 0 Å². The molecule has 2 aromatic carbocycles. The zero-order valence-electron chi connectivity index (χ0n) is 18.5. The second kappa shape index (κ2) is 10.2. The number of hydrogen-bond donors (Lipinski definition) is 1. The highest BCUT2D eigenvalue weighted by atomic mass is 19.1. The van der Waals surface area contributed by atoms with Gasteiger partial charge in [0.05, 0.1) is 6.61 Å². The fourth-order valence-corrected chi connectivity index (χ4v) is 4.50. The first-order chi connectivity index (χ1) is 15.5. The summed E-state index contributed by atoms with van der Waals surface area (Å²) >= 11 is 0. The van der Waals surface area contributed by atoms with Crippen LogP contribution in [0.25, 0.3) is 5.57 Å². The van der Waals surface area contributed by atoms with Crippen LogP contribution in [0, 0.1) is 5.82 Å². The van der Waals surface area contributed by atoms with Crippen molar-refractivity contribution in [2.45, 2.75) is 45.1 Å². The van der Waals surface area contributed by atoms with E-state index in [0.717, 1.165) is 50.0 Å². The van der Waals surface area contributed by atoms with Crippen molar-refractivity contribution in [2.24, 2.45) is 0 Å². The van der Waals surface area contributed by atoms with Crippen molar-refractivity contribution in [3.05, 3.63) is 70.5 Å². The van der Waals surface area contributed by atoms with E-state index in [9.17, 15) is 9.18 Å². The molecule has 170 valence electrons. The van der Waals surface area contributed by atoms with E-state index in [1.54, 1.807) is 0 Å². The maximum Gasteiger partial charge on any atom is 0.506 e. The first kappa shape index (κ1) is 22.3. The fourth-order valence-electron chi connectivity index (χ4n) is 4.50. The highest BCUT2D eigenvalue weighted by Gasteiger charge is 2.31. The quantitative estimate of drug-likeness (QED) is 0.423. The summed E-state index contributed by atoms with van der Waals surface area (Å²) in [6.07, 6.45) is 3.52. The summed E-state index contributed by atoms with van der Waals surface area (Å²) in [7, 11) is 0. The van der Waals surface area contributed by atoms with E-state index in [0.29, 0.717) is 19.7 Å². The molecule has 1 aliphatic heterocycles. The summed E-state index contributed by atoms with van der Waals surface area (Å²) in [5.41, 5.74) is 6.50. The van der Waals surface area contributed by atoms with Gasteiger partial charge >= 0.3 is 6.16 Å². The molecule has 0 saturated carbocycles. The van der Waals surface area contributed by atoms with E-state index in [-0.39, 0.29) is 11.9 Å². The number of carbonyl (C=O) groups is 1. The lowest BCUT2D eigenvalue weighted by molar-refractivity contribution is -0.0292. The van der Waals surface area contributed by atoms with Crippen LogP contribution < -0.4 is 4.74 Å². The maximum atomic E-state index is 13.0. The normalized spacial score (nSPS) is 16.4. The van der Waals surface area contributed by atoms with E-state index in [2.05, 4.69) is 24.0 Å². The van der Waals surface area contributed by atoms with Gasteiger partial charge in [-0.15, -0.1) is 0 Å². The average molecular weight is 440 g/mol. The maximum absolute atomic E-state index is 13.0. The number of nitrogens with zero attached hydrogens (tertiary/aromatic N) is 1. The molecule has 0 bridgehead atoms. The van der Waals surface area contributed by atoms with Gasteiger partial charge in [0, 0.05) is 19.6 Å². The predicted molar refractivity (Wildman–Crippen MR) is 122 cm³/mol. The Morgan fingerprint density at radius 3 is 2.66 bits per heavy atom. The molecule has 6 heteroatoms. The van der Waals surface area contributed by atoms with E-state index < -0.39 is 6.16 Å². The van der Waals surface area contributed by atoms with E-state index in [1.807, 2.05) is 18.2 Å². The van der Waals surface area contributed by atoms with E-state index in [1.165, 1.54) is 34.4 Å². The minimum Gasteiger partial charge on any atom is -0.494 e. The van der Waals surface area contributed by atoms with Gasteiger partial charge in [0.15, 0.2) is 0 Å². The van der Waals surface area contributed by atoms with Gasteiger partial charge in [-0.05, 0) is 85.6 Å². The number of hydrogen-bond acceptors (Lipinski definition) is 4. The molecule has 1 fully saturated rings. The number of carboxylic acid groups (broad SMARTS) is 1. The molecule has 0 unspecified atom stereocenters. The standard InChI is InChI=1S/C26H30FNO4/c1-18-21(15-28-16-24(17-28)32-26(29)30)8-7-20-14-23(11-12-25(18)20)31-13-3-2-4-19-5-9-22(27)10-6-19/h5-6,9-12,14,24H,2-4,7-8,13,15-17H2,1H3,(H,29,30). The number of halogens is 1. The third-order valence-electron chi connectivity index (χ3n) is 6.35. The first-order valence-electron chi connectivity index (χ1n) is 11.3. The Morgan fingerprint density at radius 2 is 1.91 bits per heavy atom. The molecular weight excluding hydrogens is 409 g/mol. The van der Waals surface area contributed by atoms with Crippen LogP contribution in [0.3, 0.4) is 0 Å². The number of allylic oxidation sites excluding steroid dienone is 1. The number of benzene rings is 2. The molecule has 1 saturated heterocycles. The third kappa shape index (κ3) is 5.68. The first-order valence-corrected chi connectivity index (χ1v) is 11.3. The molecule has 5 nitrogen and oxygen atoms in total. The summed E-state index contributed by atoms with van der Waals surface area (Å²) in [6.45, 7) is 5.06. The van der Waals surface area contributed by atoms with Crippen LogP contribution in [-0.4, -0.2) is 48.5 Å². The van der Waals surface area contributed by atoms with Crippen LogP contribution in [0.5, 0.6) is 5.75 Å². The Bertz CT molecular complexity index is 980. The molecule has 1 heterocycles. The summed E-state index contributed by atoms with van der Waals surface area (Å²) in [5.74, 6) is 0.722. The summed E-state index contributed by atoms with van der Waals surface area (Å²) in [4.78, 5) is 12.8. The Kier molecular flexibility index (Phi) is 7.10. The summed E-state index contributed by atoms with van der Waals surface area (Å²) in [6, 6.07) is 13.1. The monoisotopic (exact) mass is 439 g/mol. The molecule has 1 aliphatic carbocycles. The van der Waals surface area contributed by atoms with Crippen molar-refractivity contribution in [2.75, 3.05) is 26.2 Å². The summed E-state index contributed by atoms with van der Waals surface area (Å²) in [5, 5.41) is 8.69. The van der Waals surface area contributed by atoms with Crippen LogP contribution in [-0.2, 0) is 17.6 Å². The second-order valence-electron chi connectivity index (χ2n) is 8.68. The lowest BCUT2D eigenvalue weighted by atomic mass is 9.85. The molecular formula is C26H30FNO4. The molecule has 0 aromatic heterocycles. The highest BCUT2D eigenvalue weighted by molar-refractivity contribution is 5.72. The topological polar surface area (TPSA) is 59.0 Å². The van der Waals surface area contributed by atoms with Crippen molar-refractivity contribution >= 4 is 11.7 Å². The Hall–Kier alpha value is -2.86. The van der Waals surface area contributed by atoms with Crippen LogP contribution in [0.2, 0.25) is 0 Å². The third-order valence-corrected chi connectivity index (χ3v) is 6.35. The minimum atomic E-state index is -1.19. The fraction of sp³-hybridized carbons (Fsp3) is 0.423. The van der Waals surface area contributed by atoms with Gasteiger partial charge in [0.2, 0.25) is 0 Å². The SMILES string of the molecule is CC1=C(CN2CC(OC(=O)O)C2)CCc2cc(OCCCCc3ccc(F)cc3)ccc21. The Labute approximate surface area is 188 Å². The molecule has 2 aromatic rings. The molecule has 32 heavy (non-hydrogen) atoms. The van der Waals surface area contributed by atoms with E-state index in [4.69, 9.17) is 14.6 Å². The lowest BCUT2D eigenvalue weighted by Gasteiger charge is -2.39. The van der Waals surface area contributed by atoms with Gasteiger partial charge < -0.3 is 14.6 Å². The second-order valence-corrected chi connectivity index (χ2v) is 8.68. The van der Waals surface area contributed by atoms with Gasteiger partial charge in [-0.1, -0.05) is 23.8 Å². The Morgan fingerprint density at radius 1 is 1.12 bits per heavy atom. The zero-order chi connectivity index (χ0) is 22.5. The molecule has 0 amide bonds. The van der Waals surface area contributed by atoms with Gasteiger partial charge in [0.1, 0.15) is 17.7 Å². The number of likely N-dealkylation sites (tertiary alicyclic amines) is 1. The Balaban J connectivity index is 1.24. The highest BCUT2D eigenvalue weighted by Crippen LogP contribution is 2.34. The van der Waals surface area contributed by atoms with Crippen LogP contribution in [0.4, 0.5) is 9.18 Å². The van der Waals surface area contributed by atoms with Gasteiger partial charge in [-0.25, -0.2) is 9.18 Å². The molecule has 0 radical (unpaired) electrons. The van der Waals surface area contributed by atoms with Crippen LogP contribution >= 0.6 is 0 Å². The number of fused-ring (bicyclic) bond motifs is 1. The van der Waals surface area contributed by atoms with Crippen LogP contribution in [0.15, 0.2) is 48.0 Å². The van der Waals surface area contributed by atoms with Gasteiger partial charge in [-0.3, -0.25) is 4.90 Å². The van der Waals surface area contributed by atoms with Crippen molar-refractivity contribution in [3.8, 4) is 5.75 Å². The predicted octanol–water partition coefficient (Wildman–Crippen LogP) is 5.33. The number of rotatable bonds is 9. The van der Waals surface area contributed by atoms with Gasteiger partial charge in [0.25, 0.3) is 0 Å². The van der Waals surface area contributed by atoms with Crippen molar-refractivity contribution < 1.29 is 23.8 Å². The number of unbranched alkanes of at least 4 members (excludes halogenated alkanes) is 1.